The highest BCUT2D eigenvalue weighted by atomic mass is 79.9. The van der Waals surface area contributed by atoms with Gasteiger partial charge in [-0.25, -0.2) is 9.07 Å². The molecule has 3 aromatic rings. The number of hydrogen-bond donors (Lipinski definition) is 0. The van der Waals surface area contributed by atoms with Crippen LogP contribution < -0.4 is 0 Å². The summed E-state index contributed by atoms with van der Waals surface area (Å²) in [5, 5.41) is 8.24. The van der Waals surface area contributed by atoms with Crippen LogP contribution in [0.5, 0.6) is 0 Å². The van der Waals surface area contributed by atoms with E-state index in [0.717, 1.165) is 21.1 Å². The van der Waals surface area contributed by atoms with Crippen LogP contribution in [0.15, 0.2) is 46.9 Å². The molecule has 0 saturated carbocycles. The van der Waals surface area contributed by atoms with Crippen LogP contribution in [0.25, 0.3) is 11.0 Å². The van der Waals surface area contributed by atoms with E-state index in [1.807, 2.05) is 18.2 Å². The zero-order chi connectivity index (χ0) is 12.5. The smallest absolute Gasteiger partial charge is 0.127 e. The van der Waals surface area contributed by atoms with E-state index < -0.39 is 0 Å². The molecular formula is C13H9BrFN3. The van der Waals surface area contributed by atoms with E-state index in [-0.39, 0.29) is 5.82 Å². The molecule has 3 nitrogen and oxygen atoms in total. The van der Waals surface area contributed by atoms with Crippen molar-refractivity contribution in [2.24, 2.45) is 0 Å². The molecule has 1 aromatic heterocycles. The molecule has 0 radical (unpaired) electrons. The van der Waals surface area contributed by atoms with Gasteiger partial charge in [0.05, 0.1) is 12.1 Å². The zero-order valence-electron chi connectivity index (χ0n) is 9.35. The van der Waals surface area contributed by atoms with Crippen LogP contribution in [0.4, 0.5) is 4.39 Å². The third kappa shape index (κ3) is 2.01. The van der Waals surface area contributed by atoms with E-state index in [9.17, 15) is 4.39 Å². The van der Waals surface area contributed by atoms with Gasteiger partial charge in [-0.15, -0.1) is 5.10 Å². The fraction of sp³-hybridized carbons (Fsp3) is 0.0769. The maximum Gasteiger partial charge on any atom is 0.127 e. The van der Waals surface area contributed by atoms with E-state index in [2.05, 4.69) is 26.2 Å². The van der Waals surface area contributed by atoms with Gasteiger partial charge in [-0.2, -0.15) is 0 Å². The molecule has 0 spiro atoms. The summed E-state index contributed by atoms with van der Waals surface area (Å²) in [5.41, 5.74) is 2.77. The minimum absolute atomic E-state index is 0.232. The average molecular weight is 306 g/mol. The molecule has 0 fully saturated rings. The van der Waals surface area contributed by atoms with Crippen LogP contribution in [-0.4, -0.2) is 15.0 Å². The molecule has 5 heteroatoms. The Morgan fingerprint density at radius 1 is 1.11 bits per heavy atom. The predicted molar refractivity (Wildman–Crippen MR) is 70.7 cm³/mol. The van der Waals surface area contributed by atoms with Gasteiger partial charge in [0.1, 0.15) is 11.3 Å². The van der Waals surface area contributed by atoms with Gasteiger partial charge >= 0.3 is 0 Å². The molecule has 0 aliphatic heterocycles. The topological polar surface area (TPSA) is 30.7 Å². The van der Waals surface area contributed by atoms with Crippen molar-refractivity contribution in [3.63, 3.8) is 0 Å². The number of fused-ring (bicyclic) bond motifs is 1. The SMILES string of the molecule is Fc1ccc(Cn2nnc3c(Br)cccc32)cc1. The first-order chi connectivity index (χ1) is 8.74. The molecule has 0 bridgehead atoms. The summed E-state index contributed by atoms with van der Waals surface area (Å²) >= 11 is 3.44. The highest BCUT2D eigenvalue weighted by molar-refractivity contribution is 9.10. The predicted octanol–water partition coefficient (Wildman–Crippen LogP) is 3.38. The Bertz CT molecular complexity index is 691. The number of aromatic nitrogens is 3. The van der Waals surface area contributed by atoms with Crippen molar-refractivity contribution in [2.75, 3.05) is 0 Å². The fourth-order valence-electron chi connectivity index (χ4n) is 1.84. The molecule has 3 rings (SSSR count). The summed E-state index contributed by atoms with van der Waals surface area (Å²) in [7, 11) is 0. The summed E-state index contributed by atoms with van der Waals surface area (Å²) in [6.45, 7) is 0.577. The third-order valence-electron chi connectivity index (χ3n) is 2.74. The second kappa shape index (κ2) is 4.49. The Kier molecular flexibility index (Phi) is 2.83. The van der Waals surface area contributed by atoms with Gasteiger partial charge in [0, 0.05) is 4.47 Å². The standard InChI is InChI=1S/C13H9BrFN3/c14-11-2-1-3-12-13(11)16-17-18(12)8-9-4-6-10(15)7-5-9/h1-7H,8H2. The van der Waals surface area contributed by atoms with E-state index in [1.54, 1.807) is 16.8 Å². The van der Waals surface area contributed by atoms with Crippen LogP contribution in [0.3, 0.4) is 0 Å². The second-order valence-corrected chi connectivity index (χ2v) is 4.84. The largest absolute Gasteiger partial charge is 0.240 e. The lowest BCUT2D eigenvalue weighted by Gasteiger charge is -2.02. The first-order valence-electron chi connectivity index (χ1n) is 5.46. The average Bonchev–Trinajstić information content (AvgIpc) is 2.77. The summed E-state index contributed by atoms with van der Waals surface area (Å²) < 4.78 is 15.6. The fourth-order valence-corrected chi connectivity index (χ4v) is 2.27. The summed E-state index contributed by atoms with van der Waals surface area (Å²) in [4.78, 5) is 0. The van der Waals surface area contributed by atoms with Gasteiger partial charge < -0.3 is 0 Å². The zero-order valence-corrected chi connectivity index (χ0v) is 10.9. The highest BCUT2D eigenvalue weighted by Crippen LogP contribution is 2.21. The van der Waals surface area contributed by atoms with Gasteiger partial charge in [-0.05, 0) is 45.8 Å². The minimum Gasteiger partial charge on any atom is -0.240 e. The quantitative estimate of drug-likeness (QED) is 0.726. The molecule has 0 atom stereocenters. The molecular weight excluding hydrogens is 297 g/mol. The van der Waals surface area contributed by atoms with Gasteiger partial charge in [-0.3, -0.25) is 0 Å². The Morgan fingerprint density at radius 3 is 2.67 bits per heavy atom. The maximum absolute atomic E-state index is 12.8. The van der Waals surface area contributed by atoms with Gasteiger partial charge in [0.15, 0.2) is 0 Å². The van der Waals surface area contributed by atoms with E-state index in [0.29, 0.717) is 6.54 Å². The first-order valence-corrected chi connectivity index (χ1v) is 6.25. The lowest BCUT2D eigenvalue weighted by Crippen LogP contribution is -2.01. The van der Waals surface area contributed by atoms with Gasteiger partial charge in [0.2, 0.25) is 0 Å². The Labute approximate surface area is 111 Å². The summed E-state index contributed by atoms with van der Waals surface area (Å²) in [6, 6.07) is 12.2. The van der Waals surface area contributed by atoms with Crippen LogP contribution in [-0.2, 0) is 6.54 Å². The number of halogens is 2. The second-order valence-electron chi connectivity index (χ2n) is 3.98. The van der Waals surface area contributed by atoms with E-state index >= 15 is 0 Å². The number of hydrogen-bond acceptors (Lipinski definition) is 2. The van der Waals surface area contributed by atoms with Crippen molar-refractivity contribution >= 4 is 27.0 Å². The van der Waals surface area contributed by atoms with Crippen molar-refractivity contribution in [3.8, 4) is 0 Å². The van der Waals surface area contributed by atoms with Crippen LogP contribution in [0.1, 0.15) is 5.56 Å². The lowest BCUT2D eigenvalue weighted by molar-refractivity contribution is 0.624. The van der Waals surface area contributed by atoms with Crippen molar-refractivity contribution < 1.29 is 4.39 Å². The molecule has 0 amide bonds. The molecule has 0 aliphatic carbocycles. The number of benzene rings is 2. The van der Waals surface area contributed by atoms with Crippen molar-refractivity contribution in [3.05, 3.63) is 58.3 Å². The molecule has 18 heavy (non-hydrogen) atoms. The summed E-state index contributed by atoms with van der Waals surface area (Å²) in [5.74, 6) is -0.232. The van der Waals surface area contributed by atoms with E-state index in [1.165, 1.54) is 12.1 Å². The van der Waals surface area contributed by atoms with Crippen molar-refractivity contribution in [2.45, 2.75) is 6.54 Å². The van der Waals surface area contributed by atoms with E-state index in [4.69, 9.17) is 0 Å². The van der Waals surface area contributed by atoms with Crippen molar-refractivity contribution in [1.29, 1.82) is 0 Å². The number of nitrogens with zero attached hydrogens (tertiary/aromatic N) is 3. The normalized spacial score (nSPS) is 11.0. The first kappa shape index (κ1) is 11.3. The third-order valence-corrected chi connectivity index (χ3v) is 3.38. The molecule has 0 unspecified atom stereocenters. The highest BCUT2D eigenvalue weighted by Gasteiger charge is 2.07. The molecule has 0 saturated heterocycles. The van der Waals surface area contributed by atoms with Crippen LogP contribution in [0, 0.1) is 5.82 Å². The minimum atomic E-state index is -0.232. The number of rotatable bonds is 2. The van der Waals surface area contributed by atoms with Gasteiger partial charge in [-0.1, -0.05) is 23.4 Å². The monoisotopic (exact) mass is 305 g/mol. The van der Waals surface area contributed by atoms with Crippen LogP contribution >= 0.6 is 15.9 Å². The maximum atomic E-state index is 12.8. The van der Waals surface area contributed by atoms with Crippen LogP contribution in [0.2, 0.25) is 0 Å². The molecule has 0 N–H and O–H groups in total. The molecule has 1 heterocycles. The molecule has 0 aliphatic rings. The van der Waals surface area contributed by atoms with Crippen molar-refractivity contribution in [1.82, 2.24) is 15.0 Å². The molecule has 90 valence electrons. The molecule has 2 aromatic carbocycles. The van der Waals surface area contributed by atoms with Gasteiger partial charge in [0.25, 0.3) is 0 Å². The Hall–Kier alpha value is -1.75. The Balaban J connectivity index is 2.00. The Morgan fingerprint density at radius 2 is 1.89 bits per heavy atom. The summed E-state index contributed by atoms with van der Waals surface area (Å²) in [6.07, 6.45) is 0. The lowest BCUT2D eigenvalue weighted by atomic mass is 10.2.